The molecule has 0 aliphatic rings. The number of amides is 1. The fraction of sp³-hybridized carbons (Fsp3) is 0.133. The summed E-state index contributed by atoms with van der Waals surface area (Å²) in [6, 6.07) is 15.3. The number of benzene rings is 2. The standard InChI is InChI=1S/C15H17BrN4O/c16-11-6-7-13(17)12(8-11)15(19-9-14(21)20-18)10-4-2-1-3-5-10/h1-8,15,19H,9,17-18H2,(H,20,21)/t15-/m0/s1. The van der Waals surface area contributed by atoms with Crippen molar-refractivity contribution in [2.75, 3.05) is 12.3 Å². The molecule has 1 atom stereocenters. The molecule has 0 spiro atoms. The molecule has 2 rings (SSSR count). The lowest BCUT2D eigenvalue weighted by Crippen LogP contribution is -2.39. The highest BCUT2D eigenvalue weighted by Gasteiger charge is 2.17. The molecule has 0 radical (unpaired) electrons. The molecule has 0 aliphatic carbocycles. The van der Waals surface area contributed by atoms with Gasteiger partial charge in [0.15, 0.2) is 0 Å². The number of anilines is 1. The molecular formula is C15H17BrN4O. The van der Waals surface area contributed by atoms with E-state index in [2.05, 4.69) is 26.7 Å². The molecule has 6 N–H and O–H groups in total. The van der Waals surface area contributed by atoms with Crippen LogP contribution in [0.25, 0.3) is 0 Å². The zero-order valence-electron chi connectivity index (χ0n) is 11.3. The van der Waals surface area contributed by atoms with Gasteiger partial charge in [-0.05, 0) is 29.3 Å². The molecule has 2 aromatic carbocycles. The molecule has 0 aromatic heterocycles. The number of nitrogen functional groups attached to an aromatic ring is 1. The van der Waals surface area contributed by atoms with E-state index in [9.17, 15) is 4.79 Å². The summed E-state index contributed by atoms with van der Waals surface area (Å²) in [6.45, 7) is 0.0992. The normalized spacial score (nSPS) is 11.9. The van der Waals surface area contributed by atoms with Crippen molar-refractivity contribution in [3.8, 4) is 0 Å². The Morgan fingerprint density at radius 2 is 1.90 bits per heavy atom. The van der Waals surface area contributed by atoms with Gasteiger partial charge in [0.2, 0.25) is 5.91 Å². The predicted molar refractivity (Wildman–Crippen MR) is 87.2 cm³/mol. The quantitative estimate of drug-likeness (QED) is 0.286. The third kappa shape index (κ3) is 4.04. The molecule has 1 amide bonds. The van der Waals surface area contributed by atoms with Crippen LogP contribution in [0.5, 0.6) is 0 Å². The van der Waals surface area contributed by atoms with Crippen LogP contribution in [0.1, 0.15) is 17.2 Å². The maximum atomic E-state index is 11.4. The number of hydrogen-bond acceptors (Lipinski definition) is 4. The zero-order chi connectivity index (χ0) is 15.2. The first kappa shape index (κ1) is 15.5. The topological polar surface area (TPSA) is 93.2 Å². The largest absolute Gasteiger partial charge is 0.398 e. The van der Waals surface area contributed by atoms with Crippen LogP contribution < -0.4 is 22.3 Å². The molecule has 0 unspecified atom stereocenters. The second-order valence-corrected chi connectivity index (χ2v) is 5.48. The number of rotatable bonds is 5. The van der Waals surface area contributed by atoms with E-state index in [0.717, 1.165) is 15.6 Å². The fourth-order valence-corrected chi connectivity index (χ4v) is 2.47. The molecule has 0 saturated carbocycles. The molecular weight excluding hydrogens is 332 g/mol. The summed E-state index contributed by atoms with van der Waals surface area (Å²) >= 11 is 3.45. The first-order valence-electron chi connectivity index (χ1n) is 6.44. The van der Waals surface area contributed by atoms with Crippen molar-refractivity contribution >= 4 is 27.5 Å². The summed E-state index contributed by atoms with van der Waals surface area (Å²) in [5.74, 6) is 4.83. The molecule has 2 aromatic rings. The average molecular weight is 349 g/mol. The predicted octanol–water partition coefficient (Wildman–Crippen LogP) is 1.70. The number of hydrogen-bond donors (Lipinski definition) is 4. The summed E-state index contributed by atoms with van der Waals surface area (Å²) in [7, 11) is 0. The van der Waals surface area contributed by atoms with E-state index in [0.29, 0.717) is 5.69 Å². The van der Waals surface area contributed by atoms with Crippen LogP contribution in [0.3, 0.4) is 0 Å². The van der Waals surface area contributed by atoms with Gasteiger partial charge in [0.05, 0.1) is 12.6 Å². The minimum Gasteiger partial charge on any atom is -0.398 e. The van der Waals surface area contributed by atoms with Crippen LogP contribution in [-0.4, -0.2) is 12.5 Å². The van der Waals surface area contributed by atoms with E-state index >= 15 is 0 Å². The summed E-state index contributed by atoms with van der Waals surface area (Å²) in [5, 5.41) is 3.18. The minimum atomic E-state index is -0.288. The van der Waals surface area contributed by atoms with Gasteiger partial charge in [-0.3, -0.25) is 15.5 Å². The highest BCUT2D eigenvalue weighted by atomic mass is 79.9. The van der Waals surface area contributed by atoms with Gasteiger partial charge < -0.3 is 5.73 Å². The maximum Gasteiger partial charge on any atom is 0.247 e. The Hall–Kier alpha value is -1.89. The molecule has 0 aliphatic heterocycles. The molecule has 0 bridgehead atoms. The number of nitrogens with two attached hydrogens (primary N) is 2. The third-order valence-corrected chi connectivity index (χ3v) is 3.61. The Kier molecular flexibility index (Phi) is 5.32. The highest BCUT2D eigenvalue weighted by Crippen LogP contribution is 2.29. The number of halogens is 1. The Balaban J connectivity index is 2.35. The Morgan fingerprint density at radius 3 is 2.57 bits per heavy atom. The molecule has 6 heteroatoms. The van der Waals surface area contributed by atoms with Crippen molar-refractivity contribution in [2.24, 2.45) is 5.84 Å². The number of hydrazine groups is 1. The Morgan fingerprint density at radius 1 is 1.19 bits per heavy atom. The van der Waals surface area contributed by atoms with Crippen LogP contribution in [0.2, 0.25) is 0 Å². The monoisotopic (exact) mass is 348 g/mol. The van der Waals surface area contributed by atoms with Crippen LogP contribution in [0.4, 0.5) is 5.69 Å². The van der Waals surface area contributed by atoms with Gasteiger partial charge in [-0.1, -0.05) is 46.3 Å². The average Bonchev–Trinajstić information content (AvgIpc) is 2.51. The summed E-state index contributed by atoms with van der Waals surface area (Å²) in [4.78, 5) is 11.4. The van der Waals surface area contributed by atoms with Gasteiger partial charge in [0.1, 0.15) is 0 Å². The maximum absolute atomic E-state index is 11.4. The number of carbonyl (C=O) groups excluding carboxylic acids is 1. The first-order valence-corrected chi connectivity index (χ1v) is 7.24. The van der Waals surface area contributed by atoms with Gasteiger partial charge in [-0.2, -0.15) is 0 Å². The van der Waals surface area contributed by atoms with E-state index in [-0.39, 0.29) is 18.5 Å². The summed E-state index contributed by atoms with van der Waals surface area (Å²) < 4.78 is 0.928. The van der Waals surface area contributed by atoms with E-state index in [1.54, 1.807) is 0 Å². The number of carbonyl (C=O) groups is 1. The second-order valence-electron chi connectivity index (χ2n) is 4.57. The van der Waals surface area contributed by atoms with Crippen molar-refractivity contribution in [3.63, 3.8) is 0 Å². The van der Waals surface area contributed by atoms with Crippen molar-refractivity contribution in [2.45, 2.75) is 6.04 Å². The fourth-order valence-electron chi connectivity index (χ4n) is 2.09. The third-order valence-electron chi connectivity index (χ3n) is 3.12. The summed E-state index contributed by atoms with van der Waals surface area (Å²) in [6.07, 6.45) is 0. The van der Waals surface area contributed by atoms with Gasteiger partial charge >= 0.3 is 0 Å². The van der Waals surface area contributed by atoms with Crippen LogP contribution in [-0.2, 0) is 4.79 Å². The lowest BCUT2D eigenvalue weighted by atomic mass is 9.97. The smallest absolute Gasteiger partial charge is 0.247 e. The lowest BCUT2D eigenvalue weighted by molar-refractivity contribution is -0.120. The Labute approximate surface area is 131 Å². The molecule has 0 heterocycles. The Bertz CT molecular complexity index is 618. The van der Waals surface area contributed by atoms with Gasteiger partial charge in [0, 0.05) is 10.2 Å². The SMILES string of the molecule is NNC(=O)CN[C@@H](c1ccccc1)c1cc(Br)ccc1N. The van der Waals surface area contributed by atoms with Gasteiger partial charge in [0.25, 0.3) is 0 Å². The van der Waals surface area contributed by atoms with Crippen molar-refractivity contribution in [1.82, 2.24) is 10.7 Å². The molecule has 110 valence electrons. The van der Waals surface area contributed by atoms with E-state index in [1.165, 1.54) is 0 Å². The van der Waals surface area contributed by atoms with E-state index in [1.807, 2.05) is 48.5 Å². The van der Waals surface area contributed by atoms with Crippen molar-refractivity contribution < 1.29 is 4.79 Å². The van der Waals surface area contributed by atoms with E-state index < -0.39 is 0 Å². The first-order chi connectivity index (χ1) is 10.1. The lowest BCUT2D eigenvalue weighted by Gasteiger charge is -2.21. The second kappa shape index (κ2) is 7.21. The van der Waals surface area contributed by atoms with Gasteiger partial charge in [-0.15, -0.1) is 0 Å². The molecule has 0 fully saturated rings. The van der Waals surface area contributed by atoms with E-state index in [4.69, 9.17) is 11.6 Å². The van der Waals surface area contributed by atoms with Crippen molar-refractivity contribution in [1.29, 1.82) is 0 Å². The van der Waals surface area contributed by atoms with Crippen molar-refractivity contribution in [3.05, 3.63) is 64.1 Å². The van der Waals surface area contributed by atoms with Crippen LogP contribution >= 0.6 is 15.9 Å². The minimum absolute atomic E-state index is 0.0992. The zero-order valence-corrected chi connectivity index (χ0v) is 12.9. The highest BCUT2D eigenvalue weighted by molar-refractivity contribution is 9.10. The molecule has 5 nitrogen and oxygen atoms in total. The summed E-state index contributed by atoms with van der Waals surface area (Å²) in [5.41, 5.74) is 10.8. The number of nitrogens with one attached hydrogen (secondary N) is 2. The van der Waals surface area contributed by atoms with Crippen LogP contribution in [0.15, 0.2) is 53.0 Å². The molecule has 21 heavy (non-hydrogen) atoms. The van der Waals surface area contributed by atoms with Crippen LogP contribution in [0, 0.1) is 0 Å². The molecule has 0 saturated heterocycles. The van der Waals surface area contributed by atoms with Gasteiger partial charge in [-0.25, -0.2) is 5.84 Å².